The van der Waals surface area contributed by atoms with Crippen molar-refractivity contribution in [1.82, 2.24) is 10.2 Å². The summed E-state index contributed by atoms with van der Waals surface area (Å²) in [4.78, 5) is 29.1. The van der Waals surface area contributed by atoms with Crippen molar-refractivity contribution in [3.8, 4) is 5.75 Å². The summed E-state index contributed by atoms with van der Waals surface area (Å²) in [6.07, 6.45) is 0.983. The molecule has 11 heteroatoms. The van der Waals surface area contributed by atoms with Crippen LogP contribution in [0.2, 0.25) is 10.0 Å². The van der Waals surface area contributed by atoms with Crippen LogP contribution in [-0.4, -0.2) is 50.4 Å². The maximum Gasteiger partial charge on any atom is 0.264 e. The number of aryl methyl sites for hydroxylation is 1. The van der Waals surface area contributed by atoms with E-state index in [1.807, 2.05) is 27.7 Å². The van der Waals surface area contributed by atoms with E-state index in [4.69, 9.17) is 27.9 Å². The van der Waals surface area contributed by atoms with Crippen molar-refractivity contribution in [1.29, 1.82) is 0 Å². The molecule has 232 valence electrons. The summed E-state index contributed by atoms with van der Waals surface area (Å²) in [6.45, 7) is 9.11. The van der Waals surface area contributed by atoms with Crippen molar-refractivity contribution in [3.63, 3.8) is 0 Å². The Hall–Kier alpha value is -3.27. The van der Waals surface area contributed by atoms with Gasteiger partial charge in [-0.05, 0) is 82.1 Å². The average molecular weight is 649 g/mol. The molecule has 0 aromatic heterocycles. The number of hydrogen-bond donors (Lipinski definition) is 1. The second kappa shape index (κ2) is 15.5. The zero-order valence-electron chi connectivity index (χ0n) is 25.1. The van der Waals surface area contributed by atoms with E-state index in [0.717, 1.165) is 9.87 Å². The average Bonchev–Trinajstić information content (AvgIpc) is 2.97. The standard InChI is InChI=1S/C32H39Cl2N3O5S/c1-6-23(5)35-32(39)30(7-2)36(20-27-28(33)10-9-11-29(27)34)31(38)21-37(24-14-16-25(17-15-24)42-8-3)43(40,41)26-18-12-22(4)13-19-26/h9-19,23,30H,6-8,20-21H2,1-5H3,(H,35,39). The second-order valence-electron chi connectivity index (χ2n) is 10.2. The van der Waals surface area contributed by atoms with Crippen LogP contribution in [0.1, 0.15) is 51.7 Å². The number of carbonyl (C=O) groups is 2. The number of amides is 2. The zero-order valence-corrected chi connectivity index (χ0v) is 27.5. The Balaban J connectivity index is 2.10. The van der Waals surface area contributed by atoms with Crippen molar-refractivity contribution in [2.75, 3.05) is 17.5 Å². The van der Waals surface area contributed by atoms with Crippen molar-refractivity contribution < 1.29 is 22.7 Å². The minimum Gasteiger partial charge on any atom is -0.494 e. The van der Waals surface area contributed by atoms with E-state index < -0.39 is 28.5 Å². The number of carbonyl (C=O) groups excluding carboxylic acids is 2. The quantitative estimate of drug-likeness (QED) is 0.212. The first-order valence-corrected chi connectivity index (χ1v) is 16.5. The van der Waals surface area contributed by atoms with Crippen molar-refractivity contribution >= 4 is 50.7 Å². The van der Waals surface area contributed by atoms with Crippen LogP contribution in [0.3, 0.4) is 0 Å². The Morgan fingerprint density at radius 2 is 1.51 bits per heavy atom. The topological polar surface area (TPSA) is 96.0 Å². The molecule has 3 rings (SSSR count). The molecule has 0 fully saturated rings. The molecule has 3 aromatic rings. The Labute approximate surface area is 265 Å². The molecule has 0 bridgehead atoms. The molecule has 0 aliphatic carbocycles. The van der Waals surface area contributed by atoms with Gasteiger partial charge >= 0.3 is 0 Å². The van der Waals surface area contributed by atoms with Crippen LogP contribution >= 0.6 is 23.2 Å². The number of nitrogens with one attached hydrogen (secondary N) is 1. The highest BCUT2D eigenvalue weighted by Gasteiger charge is 2.34. The maximum atomic E-state index is 14.2. The van der Waals surface area contributed by atoms with Gasteiger partial charge in [0.15, 0.2) is 0 Å². The molecule has 0 aliphatic heterocycles. The largest absolute Gasteiger partial charge is 0.494 e. The third-order valence-electron chi connectivity index (χ3n) is 7.10. The number of anilines is 1. The van der Waals surface area contributed by atoms with Crippen LogP contribution in [0.25, 0.3) is 0 Å². The molecule has 0 aliphatic rings. The number of sulfonamides is 1. The number of ether oxygens (including phenoxy) is 1. The monoisotopic (exact) mass is 647 g/mol. The highest BCUT2D eigenvalue weighted by molar-refractivity contribution is 7.92. The van der Waals surface area contributed by atoms with Gasteiger partial charge in [0.25, 0.3) is 10.0 Å². The lowest BCUT2D eigenvalue weighted by molar-refractivity contribution is -0.140. The molecule has 43 heavy (non-hydrogen) atoms. The Kier molecular flexibility index (Phi) is 12.3. The first-order valence-electron chi connectivity index (χ1n) is 14.3. The molecule has 2 atom stereocenters. The van der Waals surface area contributed by atoms with Crippen LogP contribution in [0.5, 0.6) is 5.75 Å². The van der Waals surface area contributed by atoms with Gasteiger partial charge in [-0.1, -0.05) is 60.8 Å². The summed E-state index contributed by atoms with van der Waals surface area (Å²) < 4.78 is 34.7. The number of rotatable bonds is 14. The Morgan fingerprint density at radius 3 is 2.05 bits per heavy atom. The molecule has 0 radical (unpaired) electrons. The van der Waals surface area contributed by atoms with E-state index in [1.54, 1.807) is 61.5 Å². The summed E-state index contributed by atoms with van der Waals surface area (Å²) in [6, 6.07) is 16.9. The van der Waals surface area contributed by atoms with Crippen molar-refractivity contribution in [2.24, 2.45) is 0 Å². The molecule has 2 amide bonds. The van der Waals surface area contributed by atoms with E-state index >= 15 is 0 Å². The van der Waals surface area contributed by atoms with E-state index in [2.05, 4.69) is 5.32 Å². The number of halogens is 2. The van der Waals surface area contributed by atoms with Crippen LogP contribution < -0.4 is 14.4 Å². The van der Waals surface area contributed by atoms with Gasteiger partial charge in [0.2, 0.25) is 11.8 Å². The number of hydrogen-bond acceptors (Lipinski definition) is 5. The second-order valence-corrected chi connectivity index (χ2v) is 12.9. The predicted molar refractivity (Wildman–Crippen MR) is 172 cm³/mol. The van der Waals surface area contributed by atoms with Crippen LogP contribution in [0.4, 0.5) is 5.69 Å². The molecular weight excluding hydrogens is 609 g/mol. The third kappa shape index (κ3) is 8.65. The third-order valence-corrected chi connectivity index (χ3v) is 9.60. The smallest absolute Gasteiger partial charge is 0.264 e. The summed E-state index contributed by atoms with van der Waals surface area (Å²) in [5.74, 6) is -0.373. The van der Waals surface area contributed by atoms with Gasteiger partial charge in [0.05, 0.1) is 17.2 Å². The lowest BCUT2D eigenvalue weighted by Crippen LogP contribution is -2.53. The van der Waals surface area contributed by atoms with Crippen molar-refractivity contribution in [2.45, 2.75) is 71.0 Å². The van der Waals surface area contributed by atoms with Gasteiger partial charge in [0.1, 0.15) is 18.3 Å². The van der Waals surface area contributed by atoms with Gasteiger partial charge < -0.3 is 15.0 Å². The number of nitrogens with zero attached hydrogens (tertiary/aromatic N) is 2. The predicted octanol–water partition coefficient (Wildman–Crippen LogP) is 6.62. The highest BCUT2D eigenvalue weighted by Crippen LogP contribution is 2.29. The minimum atomic E-state index is -4.20. The normalized spacial score (nSPS) is 12.7. The molecule has 0 spiro atoms. The van der Waals surface area contributed by atoms with Gasteiger partial charge in [-0.3, -0.25) is 13.9 Å². The van der Waals surface area contributed by atoms with Gasteiger partial charge in [-0.25, -0.2) is 8.42 Å². The van der Waals surface area contributed by atoms with Gasteiger partial charge in [-0.2, -0.15) is 0 Å². The highest BCUT2D eigenvalue weighted by atomic mass is 35.5. The molecule has 1 N–H and O–H groups in total. The van der Waals surface area contributed by atoms with Crippen molar-refractivity contribution in [3.05, 3.63) is 87.9 Å². The van der Waals surface area contributed by atoms with Crippen LogP contribution in [-0.2, 0) is 26.2 Å². The number of benzene rings is 3. The Morgan fingerprint density at radius 1 is 0.907 bits per heavy atom. The first-order chi connectivity index (χ1) is 20.4. The van der Waals surface area contributed by atoms with Crippen LogP contribution in [0.15, 0.2) is 71.6 Å². The summed E-state index contributed by atoms with van der Waals surface area (Å²) in [5, 5.41) is 3.61. The van der Waals surface area contributed by atoms with Gasteiger partial charge in [-0.15, -0.1) is 0 Å². The summed E-state index contributed by atoms with van der Waals surface area (Å²) >= 11 is 13.0. The SMILES string of the molecule is CCOc1ccc(N(CC(=O)N(Cc2c(Cl)cccc2Cl)C(CC)C(=O)NC(C)CC)S(=O)(=O)c2ccc(C)cc2)cc1. The molecular formula is C32H39Cl2N3O5S. The molecule has 3 aromatic carbocycles. The maximum absolute atomic E-state index is 14.2. The molecule has 2 unspecified atom stereocenters. The fourth-order valence-corrected chi connectivity index (χ4v) is 6.39. The molecule has 8 nitrogen and oxygen atoms in total. The Bertz CT molecular complexity index is 1480. The lowest BCUT2D eigenvalue weighted by atomic mass is 10.1. The van der Waals surface area contributed by atoms with Gasteiger partial charge in [0, 0.05) is 28.2 Å². The van der Waals surface area contributed by atoms with E-state index in [-0.39, 0.29) is 35.5 Å². The molecule has 0 saturated carbocycles. The van der Waals surface area contributed by atoms with E-state index in [9.17, 15) is 18.0 Å². The molecule has 0 saturated heterocycles. The van der Waals surface area contributed by atoms with E-state index in [1.165, 1.54) is 17.0 Å². The first kappa shape index (κ1) is 34.2. The molecule has 0 heterocycles. The fourth-order valence-electron chi connectivity index (χ4n) is 4.46. The minimum absolute atomic E-state index is 0.0297. The lowest BCUT2D eigenvalue weighted by Gasteiger charge is -2.34. The summed E-state index contributed by atoms with van der Waals surface area (Å²) in [5.41, 5.74) is 1.62. The fraction of sp³-hybridized carbons (Fsp3) is 0.375. The van der Waals surface area contributed by atoms with E-state index in [0.29, 0.717) is 34.4 Å². The summed E-state index contributed by atoms with van der Waals surface area (Å²) in [7, 11) is -4.20. The zero-order chi connectivity index (χ0) is 31.7. The van der Waals surface area contributed by atoms with Crippen LogP contribution in [0, 0.1) is 6.92 Å².